The van der Waals surface area contributed by atoms with Crippen LogP contribution in [0.25, 0.3) is 0 Å². The van der Waals surface area contributed by atoms with Gasteiger partial charge in [-0.25, -0.2) is 8.42 Å². The fraction of sp³-hybridized carbons (Fsp3) is 0.250. The van der Waals surface area contributed by atoms with Crippen LogP contribution in [0.5, 0.6) is 5.75 Å². The quantitative estimate of drug-likeness (QED) is 0.818. The molecule has 0 N–H and O–H groups in total. The van der Waals surface area contributed by atoms with E-state index in [4.69, 9.17) is 0 Å². The van der Waals surface area contributed by atoms with Crippen LogP contribution in [0, 0.1) is 6.92 Å². The molecular formula is C16H16F3NO3S. The number of halogens is 3. The molecule has 130 valence electrons. The van der Waals surface area contributed by atoms with E-state index >= 15 is 0 Å². The third-order valence-electron chi connectivity index (χ3n) is 3.42. The van der Waals surface area contributed by atoms with E-state index in [2.05, 4.69) is 4.74 Å². The van der Waals surface area contributed by atoms with E-state index in [1.165, 1.54) is 7.05 Å². The molecule has 8 heteroatoms. The Morgan fingerprint density at radius 2 is 1.62 bits per heavy atom. The van der Waals surface area contributed by atoms with Crippen molar-refractivity contribution in [3.8, 4) is 5.75 Å². The molecule has 0 saturated heterocycles. The van der Waals surface area contributed by atoms with Crippen LogP contribution in [0.2, 0.25) is 0 Å². The predicted octanol–water partition coefficient (Wildman–Crippen LogP) is 3.71. The average molecular weight is 359 g/mol. The summed E-state index contributed by atoms with van der Waals surface area (Å²) in [4.78, 5) is -0.104. The van der Waals surface area contributed by atoms with Gasteiger partial charge in [0.25, 0.3) is 0 Å². The van der Waals surface area contributed by atoms with Gasteiger partial charge in [-0.2, -0.15) is 4.31 Å². The summed E-state index contributed by atoms with van der Waals surface area (Å²) in [6, 6.07) is 11.5. The molecule has 0 bridgehead atoms. The van der Waals surface area contributed by atoms with Crippen molar-refractivity contribution in [1.82, 2.24) is 4.31 Å². The Kier molecular flexibility index (Phi) is 5.19. The maximum atomic E-state index is 12.5. The average Bonchev–Trinajstić information content (AvgIpc) is 2.48. The van der Waals surface area contributed by atoms with Crippen molar-refractivity contribution in [2.45, 2.75) is 24.7 Å². The maximum absolute atomic E-state index is 12.5. The van der Waals surface area contributed by atoms with E-state index in [-0.39, 0.29) is 11.4 Å². The van der Waals surface area contributed by atoms with Crippen molar-refractivity contribution < 1.29 is 26.3 Å². The molecule has 2 rings (SSSR count). The van der Waals surface area contributed by atoms with Gasteiger partial charge in [0, 0.05) is 13.6 Å². The highest BCUT2D eigenvalue weighted by Gasteiger charge is 2.31. The van der Waals surface area contributed by atoms with Crippen molar-refractivity contribution in [1.29, 1.82) is 0 Å². The lowest BCUT2D eigenvalue weighted by Crippen LogP contribution is -2.26. The minimum Gasteiger partial charge on any atom is -0.406 e. The van der Waals surface area contributed by atoms with Gasteiger partial charge in [0.2, 0.25) is 10.0 Å². The molecule has 0 unspecified atom stereocenters. The monoisotopic (exact) mass is 359 g/mol. The fourth-order valence-corrected chi connectivity index (χ4v) is 3.25. The van der Waals surface area contributed by atoms with Crippen LogP contribution in [0.15, 0.2) is 53.4 Å². The Labute approximate surface area is 138 Å². The Balaban J connectivity index is 2.19. The van der Waals surface area contributed by atoms with E-state index in [1.807, 2.05) is 31.2 Å². The number of benzene rings is 2. The van der Waals surface area contributed by atoms with Gasteiger partial charge >= 0.3 is 6.36 Å². The molecule has 0 aliphatic heterocycles. The second-order valence-electron chi connectivity index (χ2n) is 5.21. The summed E-state index contributed by atoms with van der Waals surface area (Å²) in [5.74, 6) is -0.469. The van der Waals surface area contributed by atoms with E-state index in [0.717, 1.165) is 39.7 Å². The number of alkyl halides is 3. The van der Waals surface area contributed by atoms with Crippen LogP contribution in [0.3, 0.4) is 0 Å². The summed E-state index contributed by atoms with van der Waals surface area (Å²) in [5.41, 5.74) is 1.80. The van der Waals surface area contributed by atoms with Gasteiger partial charge < -0.3 is 4.74 Å². The molecule has 24 heavy (non-hydrogen) atoms. The number of ether oxygens (including phenoxy) is 1. The summed E-state index contributed by atoms with van der Waals surface area (Å²) in [6.45, 7) is 2.04. The van der Waals surface area contributed by atoms with Crippen LogP contribution in [-0.4, -0.2) is 26.1 Å². The van der Waals surface area contributed by atoms with Crippen molar-refractivity contribution in [3.63, 3.8) is 0 Å². The number of hydrogen-bond donors (Lipinski definition) is 0. The number of sulfonamides is 1. The zero-order chi connectivity index (χ0) is 18.0. The maximum Gasteiger partial charge on any atom is 0.573 e. The van der Waals surface area contributed by atoms with Crippen LogP contribution < -0.4 is 4.74 Å². The van der Waals surface area contributed by atoms with Gasteiger partial charge in [0.1, 0.15) is 5.75 Å². The van der Waals surface area contributed by atoms with E-state index in [9.17, 15) is 21.6 Å². The molecule has 0 radical (unpaired) electrons. The first-order valence-electron chi connectivity index (χ1n) is 6.96. The molecule has 0 heterocycles. The standard InChI is InChI=1S/C16H16F3NO3S/c1-12-5-3-4-6-13(12)11-20(2)24(21,22)15-9-7-14(8-10-15)23-16(17,18)19/h3-10H,11H2,1-2H3. The smallest absolute Gasteiger partial charge is 0.406 e. The number of rotatable bonds is 5. The summed E-state index contributed by atoms with van der Waals surface area (Å²) < 4.78 is 66.3. The number of nitrogens with zero attached hydrogens (tertiary/aromatic N) is 1. The van der Waals surface area contributed by atoms with E-state index < -0.39 is 22.1 Å². The van der Waals surface area contributed by atoms with Crippen LogP contribution in [0.1, 0.15) is 11.1 Å². The minimum absolute atomic E-state index is 0.104. The van der Waals surface area contributed by atoms with Gasteiger partial charge in [0.15, 0.2) is 0 Å². The topological polar surface area (TPSA) is 46.6 Å². The molecule has 0 amide bonds. The molecule has 2 aromatic carbocycles. The van der Waals surface area contributed by atoms with Crippen molar-refractivity contribution >= 4 is 10.0 Å². The fourth-order valence-electron chi connectivity index (χ4n) is 2.11. The van der Waals surface area contributed by atoms with Gasteiger partial charge in [-0.1, -0.05) is 24.3 Å². The zero-order valence-electron chi connectivity index (χ0n) is 13.0. The Bertz CT molecular complexity index is 802. The van der Waals surface area contributed by atoms with Gasteiger partial charge in [0.05, 0.1) is 4.90 Å². The minimum atomic E-state index is -4.82. The summed E-state index contributed by atoms with van der Waals surface area (Å²) in [6.07, 6.45) is -4.82. The van der Waals surface area contributed by atoms with Crippen LogP contribution in [0.4, 0.5) is 13.2 Å². The van der Waals surface area contributed by atoms with Crippen molar-refractivity contribution in [2.75, 3.05) is 7.05 Å². The molecular weight excluding hydrogens is 343 g/mol. The highest BCUT2D eigenvalue weighted by atomic mass is 32.2. The Hall–Kier alpha value is -2.06. The predicted molar refractivity (Wildman–Crippen MR) is 83.0 cm³/mol. The lowest BCUT2D eigenvalue weighted by molar-refractivity contribution is -0.274. The van der Waals surface area contributed by atoms with Crippen LogP contribution in [-0.2, 0) is 16.6 Å². The summed E-state index contributed by atoms with van der Waals surface area (Å²) in [7, 11) is -2.40. The largest absolute Gasteiger partial charge is 0.573 e. The lowest BCUT2D eigenvalue weighted by Gasteiger charge is -2.18. The summed E-state index contributed by atoms with van der Waals surface area (Å²) in [5, 5.41) is 0. The first-order valence-corrected chi connectivity index (χ1v) is 8.40. The third kappa shape index (κ3) is 4.48. The molecule has 0 atom stereocenters. The second-order valence-corrected chi connectivity index (χ2v) is 7.25. The van der Waals surface area contributed by atoms with E-state index in [0.29, 0.717) is 0 Å². The molecule has 0 aliphatic carbocycles. The first kappa shape index (κ1) is 18.3. The van der Waals surface area contributed by atoms with Gasteiger partial charge in [-0.05, 0) is 42.3 Å². The molecule has 0 fully saturated rings. The van der Waals surface area contributed by atoms with Crippen molar-refractivity contribution in [2.24, 2.45) is 0 Å². The van der Waals surface area contributed by atoms with E-state index in [1.54, 1.807) is 0 Å². The van der Waals surface area contributed by atoms with Crippen LogP contribution >= 0.6 is 0 Å². The number of hydrogen-bond acceptors (Lipinski definition) is 3. The highest BCUT2D eigenvalue weighted by molar-refractivity contribution is 7.89. The SMILES string of the molecule is Cc1ccccc1CN(C)S(=O)(=O)c1ccc(OC(F)(F)F)cc1. The number of aryl methyl sites for hydroxylation is 1. The second kappa shape index (κ2) is 6.82. The van der Waals surface area contributed by atoms with Crippen molar-refractivity contribution in [3.05, 3.63) is 59.7 Å². The Morgan fingerprint density at radius 3 is 2.17 bits per heavy atom. The molecule has 0 saturated carbocycles. The Morgan fingerprint density at radius 1 is 1.04 bits per heavy atom. The highest BCUT2D eigenvalue weighted by Crippen LogP contribution is 2.25. The van der Waals surface area contributed by atoms with Gasteiger partial charge in [-0.15, -0.1) is 13.2 Å². The first-order chi connectivity index (χ1) is 11.1. The normalized spacial score (nSPS) is 12.4. The molecule has 4 nitrogen and oxygen atoms in total. The zero-order valence-corrected chi connectivity index (χ0v) is 13.9. The molecule has 0 aromatic heterocycles. The molecule has 2 aromatic rings. The molecule has 0 spiro atoms. The summed E-state index contributed by atoms with van der Waals surface area (Å²) >= 11 is 0. The van der Waals surface area contributed by atoms with Gasteiger partial charge in [-0.3, -0.25) is 0 Å². The third-order valence-corrected chi connectivity index (χ3v) is 5.24. The molecule has 0 aliphatic rings. The lowest BCUT2D eigenvalue weighted by atomic mass is 10.1.